The quantitative estimate of drug-likeness (QED) is 0.714. The molecule has 2 heterocycles. The Morgan fingerprint density at radius 3 is 2.88 bits per heavy atom. The molecule has 0 amide bonds. The number of hydrogen-bond acceptors (Lipinski definition) is 6. The fourth-order valence-electron chi connectivity index (χ4n) is 1.36. The highest BCUT2D eigenvalue weighted by Crippen LogP contribution is 1.99. The summed E-state index contributed by atoms with van der Waals surface area (Å²) < 4.78 is 3.34. The van der Waals surface area contributed by atoms with E-state index in [4.69, 9.17) is 5.11 Å². The van der Waals surface area contributed by atoms with Gasteiger partial charge in [-0.3, -0.25) is 0 Å². The maximum atomic E-state index is 8.85. The summed E-state index contributed by atoms with van der Waals surface area (Å²) in [6.07, 6.45) is 2.64. The van der Waals surface area contributed by atoms with Gasteiger partial charge in [0.2, 0.25) is 0 Å². The summed E-state index contributed by atoms with van der Waals surface area (Å²) >= 11 is 0. The molecule has 8 heteroatoms. The minimum atomic E-state index is -0.111. The Kier molecular flexibility index (Phi) is 3.20. The Morgan fingerprint density at radius 1 is 1.31 bits per heavy atom. The SMILES string of the molecule is CCCn1nnnc1Cn1cc(CO)nn1. The monoisotopic (exact) mass is 223 g/mol. The molecule has 0 aliphatic heterocycles. The summed E-state index contributed by atoms with van der Waals surface area (Å²) in [6.45, 7) is 3.19. The molecule has 0 aliphatic rings. The average molecular weight is 223 g/mol. The highest BCUT2D eigenvalue weighted by atomic mass is 16.3. The second-order valence-electron chi connectivity index (χ2n) is 3.38. The standard InChI is InChI=1S/C8H13N7O/c1-2-3-15-8(10-11-13-15)5-14-4-7(6-16)9-12-14/h4,16H,2-3,5-6H2,1H3. The van der Waals surface area contributed by atoms with Gasteiger partial charge in [0.25, 0.3) is 0 Å². The topological polar surface area (TPSA) is 94.5 Å². The van der Waals surface area contributed by atoms with Crippen LogP contribution in [-0.2, 0) is 19.7 Å². The molecular formula is C8H13N7O. The van der Waals surface area contributed by atoms with Crippen LogP contribution in [0.1, 0.15) is 24.9 Å². The third-order valence-electron chi connectivity index (χ3n) is 2.09. The minimum Gasteiger partial charge on any atom is -0.390 e. The molecule has 2 aromatic rings. The molecule has 0 spiro atoms. The van der Waals surface area contributed by atoms with Crippen molar-refractivity contribution in [3.05, 3.63) is 17.7 Å². The van der Waals surface area contributed by atoms with Crippen molar-refractivity contribution in [2.24, 2.45) is 0 Å². The van der Waals surface area contributed by atoms with Gasteiger partial charge in [0.15, 0.2) is 5.82 Å². The first-order chi connectivity index (χ1) is 7.83. The molecule has 0 radical (unpaired) electrons. The lowest BCUT2D eigenvalue weighted by atomic mass is 10.4. The number of nitrogens with zero attached hydrogens (tertiary/aromatic N) is 7. The molecule has 1 N–H and O–H groups in total. The Bertz CT molecular complexity index is 449. The summed E-state index contributed by atoms with van der Waals surface area (Å²) in [7, 11) is 0. The number of aliphatic hydroxyl groups is 1. The van der Waals surface area contributed by atoms with Crippen LogP contribution in [-0.4, -0.2) is 40.3 Å². The fourth-order valence-corrected chi connectivity index (χ4v) is 1.36. The molecule has 0 unspecified atom stereocenters. The van der Waals surface area contributed by atoms with Gasteiger partial charge in [-0.25, -0.2) is 9.36 Å². The lowest BCUT2D eigenvalue weighted by Gasteiger charge is -2.01. The maximum Gasteiger partial charge on any atom is 0.172 e. The zero-order valence-electron chi connectivity index (χ0n) is 8.98. The van der Waals surface area contributed by atoms with E-state index in [1.54, 1.807) is 15.6 Å². The molecule has 0 fully saturated rings. The molecule has 0 aromatic carbocycles. The molecule has 0 aliphatic carbocycles. The van der Waals surface area contributed by atoms with E-state index in [0.29, 0.717) is 12.2 Å². The van der Waals surface area contributed by atoms with E-state index in [-0.39, 0.29) is 6.61 Å². The van der Waals surface area contributed by atoms with Crippen molar-refractivity contribution in [3.63, 3.8) is 0 Å². The smallest absolute Gasteiger partial charge is 0.172 e. The van der Waals surface area contributed by atoms with Crippen LogP contribution in [0.3, 0.4) is 0 Å². The van der Waals surface area contributed by atoms with Crippen molar-refractivity contribution in [2.75, 3.05) is 0 Å². The molecule has 0 bridgehead atoms. The van der Waals surface area contributed by atoms with E-state index in [1.165, 1.54) is 0 Å². The third kappa shape index (κ3) is 2.22. The molecule has 0 saturated carbocycles. The van der Waals surface area contributed by atoms with Crippen LogP contribution in [0.4, 0.5) is 0 Å². The zero-order chi connectivity index (χ0) is 11.4. The molecule has 2 aromatic heterocycles. The first-order valence-electron chi connectivity index (χ1n) is 5.08. The zero-order valence-corrected chi connectivity index (χ0v) is 8.98. The normalized spacial score (nSPS) is 10.9. The number of aliphatic hydroxyl groups excluding tert-OH is 1. The van der Waals surface area contributed by atoms with Gasteiger partial charge in [0.05, 0.1) is 12.8 Å². The van der Waals surface area contributed by atoms with Crippen LogP contribution in [0.25, 0.3) is 0 Å². The lowest BCUT2D eigenvalue weighted by Crippen LogP contribution is -2.10. The highest BCUT2D eigenvalue weighted by Gasteiger charge is 2.07. The van der Waals surface area contributed by atoms with E-state index < -0.39 is 0 Å². The minimum absolute atomic E-state index is 0.111. The lowest BCUT2D eigenvalue weighted by molar-refractivity contribution is 0.276. The Balaban J connectivity index is 2.10. The van der Waals surface area contributed by atoms with Gasteiger partial charge in [-0.05, 0) is 16.8 Å². The number of tetrazole rings is 1. The summed E-state index contributed by atoms with van der Waals surface area (Å²) in [5.41, 5.74) is 0.537. The molecule has 86 valence electrons. The predicted molar refractivity (Wildman–Crippen MR) is 53.2 cm³/mol. The van der Waals surface area contributed by atoms with Gasteiger partial charge in [-0.2, -0.15) is 0 Å². The van der Waals surface area contributed by atoms with Crippen LogP contribution in [0.15, 0.2) is 6.20 Å². The van der Waals surface area contributed by atoms with Crippen molar-refractivity contribution in [3.8, 4) is 0 Å². The van der Waals surface area contributed by atoms with E-state index >= 15 is 0 Å². The summed E-state index contributed by atoms with van der Waals surface area (Å²) in [5.74, 6) is 0.733. The summed E-state index contributed by atoms with van der Waals surface area (Å²) in [6, 6.07) is 0. The van der Waals surface area contributed by atoms with E-state index in [2.05, 4.69) is 32.8 Å². The van der Waals surface area contributed by atoms with Crippen LogP contribution >= 0.6 is 0 Å². The van der Waals surface area contributed by atoms with Crippen molar-refractivity contribution < 1.29 is 5.11 Å². The summed E-state index contributed by atoms with van der Waals surface area (Å²) in [4.78, 5) is 0. The first kappa shape index (κ1) is 10.7. The van der Waals surface area contributed by atoms with Crippen LogP contribution < -0.4 is 0 Å². The van der Waals surface area contributed by atoms with Gasteiger partial charge < -0.3 is 5.11 Å². The maximum absolute atomic E-state index is 8.85. The van der Waals surface area contributed by atoms with Gasteiger partial charge in [0.1, 0.15) is 12.2 Å². The molecule has 0 saturated heterocycles. The van der Waals surface area contributed by atoms with E-state index in [9.17, 15) is 0 Å². The molecular weight excluding hydrogens is 210 g/mol. The molecule has 2 rings (SSSR count). The largest absolute Gasteiger partial charge is 0.390 e. The molecule has 16 heavy (non-hydrogen) atoms. The van der Waals surface area contributed by atoms with Crippen LogP contribution in [0.2, 0.25) is 0 Å². The van der Waals surface area contributed by atoms with Crippen molar-refractivity contribution >= 4 is 0 Å². The molecule has 8 nitrogen and oxygen atoms in total. The van der Waals surface area contributed by atoms with Crippen molar-refractivity contribution in [1.29, 1.82) is 0 Å². The Morgan fingerprint density at radius 2 is 2.19 bits per heavy atom. The van der Waals surface area contributed by atoms with Crippen LogP contribution in [0.5, 0.6) is 0 Å². The fraction of sp³-hybridized carbons (Fsp3) is 0.625. The number of hydrogen-bond donors (Lipinski definition) is 1. The van der Waals surface area contributed by atoms with E-state index in [0.717, 1.165) is 18.8 Å². The van der Waals surface area contributed by atoms with Gasteiger partial charge in [-0.1, -0.05) is 12.1 Å². The van der Waals surface area contributed by atoms with Gasteiger partial charge >= 0.3 is 0 Å². The average Bonchev–Trinajstić information content (AvgIpc) is 2.90. The van der Waals surface area contributed by atoms with Crippen LogP contribution in [0, 0.1) is 0 Å². The highest BCUT2D eigenvalue weighted by molar-refractivity contribution is 4.91. The first-order valence-corrected chi connectivity index (χ1v) is 5.08. The van der Waals surface area contributed by atoms with Crippen molar-refractivity contribution in [2.45, 2.75) is 33.0 Å². The number of aryl methyl sites for hydroxylation is 1. The van der Waals surface area contributed by atoms with E-state index in [1.807, 2.05) is 0 Å². The Labute approximate surface area is 91.9 Å². The second kappa shape index (κ2) is 4.79. The second-order valence-corrected chi connectivity index (χ2v) is 3.38. The van der Waals surface area contributed by atoms with Crippen molar-refractivity contribution in [1.82, 2.24) is 35.2 Å². The molecule has 0 atom stereocenters. The van der Waals surface area contributed by atoms with Gasteiger partial charge in [-0.15, -0.1) is 10.2 Å². The number of aromatic nitrogens is 7. The predicted octanol–water partition coefficient (Wildman–Crippen LogP) is -0.785. The number of rotatable bonds is 5. The summed E-state index contributed by atoms with van der Waals surface area (Å²) in [5, 5.41) is 27.9. The van der Waals surface area contributed by atoms with Gasteiger partial charge in [0, 0.05) is 6.54 Å². The Hall–Kier alpha value is -1.83. The third-order valence-corrected chi connectivity index (χ3v) is 2.09.